The van der Waals surface area contributed by atoms with Crippen molar-refractivity contribution in [2.24, 2.45) is 11.8 Å². The zero-order chi connectivity index (χ0) is 4.69. The Morgan fingerprint density at radius 3 is 3.00 bits per heavy atom. The van der Waals surface area contributed by atoms with E-state index in [2.05, 4.69) is 12.2 Å². The van der Waals surface area contributed by atoms with Crippen LogP contribution in [0.1, 0.15) is 19.3 Å². The highest BCUT2D eigenvalue weighted by molar-refractivity contribution is 5.06. The van der Waals surface area contributed by atoms with Crippen LogP contribution in [0.15, 0.2) is 12.2 Å². The average molecular weight is 94.2 g/mol. The molecule has 0 aromatic heterocycles. The second-order valence-electron chi connectivity index (χ2n) is 2.67. The summed E-state index contributed by atoms with van der Waals surface area (Å²) in [5.41, 5.74) is 0. The molecule has 0 nitrogen and oxygen atoms in total. The fourth-order valence-electron chi connectivity index (χ4n) is 1.42. The third kappa shape index (κ3) is 0.495. The predicted molar refractivity (Wildman–Crippen MR) is 30.0 cm³/mol. The summed E-state index contributed by atoms with van der Waals surface area (Å²) in [6, 6.07) is 0. The van der Waals surface area contributed by atoms with Crippen LogP contribution in [0.3, 0.4) is 0 Å². The van der Waals surface area contributed by atoms with E-state index in [0.717, 1.165) is 11.8 Å². The van der Waals surface area contributed by atoms with Gasteiger partial charge in [-0.25, -0.2) is 0 Å². The molecule has 0 N–H and O–H groups in total. The van der Waals surface area contributed by atoms with E-state index in [1.54, 1.807) is 0 Å². The van der Waals surface area contributed by atoms with E-state index >= 15 is 0 Å². The Morgan fingerprint density at radius 2 is 2.43 bits per heavy atom. The van der Waals surface area contributed by atoms with Crippen molar-refractivity contribution in [2.75, 3.05) is 0 Å². The summed E-state index contributed by atoms with van der Waals surface area (Å²) in [7, 11) is 0. The number of hydrogen-bond acceptors (Lipinski definition) is 0. The first-order valence-electron chi connectivity index (χ1n) is 3.13. The van der Waals surface area contributed by atoms with Gasteiger partial charge in [-0.3, -0.25) is 0 Å². The van der Waals surface area contributed by atoms with E-state index in [1.807, 2.05) is 0 Å². The van der Waals surface area contributed by atoms with Crippen LogP contribution < -0.4 is 0 Å². The highest BCUT2D eigenvalue weighted by Crippen LogP contribution is 2.45. The van der Waals surface area contributed by atoms with Crippen molar-refractivity contribution >= 4 is 0 Å². The van der Waals surface area contributed by atoms with Crippen LogP contribution in [0.25, 0.3) is 0 Å². The molecule has 2 aliphatic rings. The Balaban J connectivity index is 2.14. The maximum atomic E-state index is 2.38. The van der Waals surface area contributed by atoms with Gasteiger partial charge in [0.05, 0.1) is 0 Å². The zero-order valence-corrected chi connectivity index (χ0v) is 4.43. The number of rotatable bonds is 0. The molecule has 2 aliphatic carbocycles. The Bertz CT molecular complexity index is 103. The molecule has 0 radical (unpaired) electrons. The molecule has 0 amide bonds. The average Bonchev–Trinajstić information content (AvgIpc) is 2.41. The van der Waals surface area contributed by atoms with Crippen LogP contribution in [0.5, 0.6) is 0 Å². The van der Waals surface area contributed by atoms with Crippen molar-refractivity contribution in [1.82, 2.24) is 0 Å². The van der Waals surface area contributed by atoms with Gasteiger partial charge in [0.2, 0.25) is 0 Å². The van der Waals surface area contributed by atoms with Crippen molar-refractivity contribution in [3.8, 4) is 0 Å². The predicted octanol–water partition coefficient (Wildman–Crippen LogP) is 1.97. The lowest BCUT2D eigenvalue weighted by molar-refractivity contribution is 0.682. The van der Waals surface area contributed by atoms with Gasteiger partial charge in [0.25, 0.3) is 0 Å². The molecule has 2 atom stereocenters. The number of fused-ring (bicyclic) bond motifs is 1. The van der Waals surface area contributed by atoms with Crippen LogP contribution in [0, 0.1) is 11.8 Å². The van der Waals surface area contributed by atoms with Gasteiger partial charge < -0.3 is 0 Å². The molecule has 38 valence electrons. The first-order chi connectivity index (χ1) is 3.47. The summed E-state index contributed by atoms with van der Waals surface area (Å²) >= 11 is 0. The fraction of sp³-hybridized carbons (Fsp3) is 0.714. The quantitative estimate of drug-likeness (QED) is 0.402. The molecule has 2 rings (SSSR count). The van der Waals surface area contributed by atoms with E-state index in [0.29, 0.717) is 0 Å². The maximum absolute atomic E-state index is 2.38. The van der Waals surface area contributed by atoms with Crippen LogP contribution >= 0.6 is 0 Å². The van der Waals surface area contributed by atoms with Crippen LogP contribution in [0.4, 0.5) is 0 Å². The first kappa shape index (κ1) is 3.71. The first-order valence-corrected chi connectivity index (χ1v) is 3.13. The minimum Gasteiger partial charge on any atom is -0.0882 e. The normalized spacial score (nSPS) is 45.7. The van der Waals surface area contributed by atoms with Crippen molar-refractivity contribution in [3.05, 3.63) is 12.2 Å². The molecular formula is C7H10. The molecule has 0 heterocycles. The topological polar surface area (TPSA) is 0 Å². The summed E-state index contributed by atoms with van der Waals surface area (Å²) in [4.78, 5) is 0. The lowest BCUT2D eigenvalue weighted by Crippen LogP contribution is -1.83. The van der Waals surface area contributed by atoms with Crippen molar-refractivity contribution in [3.63, 3.8) is 0 Å². The molecule has 0 aromatic rings. The van der Waals surface area contributed by atoms with E-state index in [1.165, 1.54) is 19.3 Å². The lowest BCUT2D eigenvalue weighted by atomic mass is 10.1. The second-order valence-corrected chi connectivity index (χ2v) is 2.67. The van der Waals surface area contributed by atoms with Gasteiger partial charge in [-0.15, -0.1) is 0 Å². The lowest BCUT2D eigenvalue weighted by Gasteiger charge is -1.96. The van der Waals surface area contributed by atoms with E-state index < -0.39 is 0 Å². The summed E-state index contributed by atoms with van der Waals surface area (Å²) in [6.07, 6.45) is 9.03. The molecule has 1 unspecified atom stereocenters. The van der Waals surface area contributed by atoms with Crippen LogP contribution in [-0.2, 0) is 0 Å². The largest absolute Gasteiger partial charge is 0.0882 e. The van der Waals surface area contributed by atoms with Crippen molar-refractivity contribution in [1.29, 1.82) is 0 Å². The van der Waals surface area contributed by atoms with E-state index in [9.17, 15) is 0 Å². The minimum atomic E-state index is 1.02. The Kier molecular flexibility index (Phi) is 0.592. The summed E-state index contributed by atoms with van der Waals surface area (Å²) in [6.45, 7) is 0. The molecule has 0 saturated heterocycles. The minimum absolute atomic E-state index is 1.02. The molecule has 0 aliphatic heterocycles. The van der Waals surface area contributed by atoms with Gasteiger partial charge in [0.1, 0.15) is 0 Å². The molecule has 0 bridgehead atoms. The van der Waals surface area contributed by atoms with Gasteiger partial charge in [-0.05, 0) is 31.1 Å². The number of hydrogen-bond donors (Lipinski definition) is 0. The summed E-state index contributed by atoms with van der Waals surface area (Å²) < 4.78 is 0. The molecule has 1 fully saturated rings. The van der Waals surface area contributed by atoms with Gasteiger partial charge in [0, 0.05) is 0 Å². The van der Waals surface area contributed by atoms with E-state index in [-0.39, 0.29) is 0 Å². The Morgan fingerprint density at radius 1 is 1.43 bits per heavy atom. The smallest absolute Gasteiger partial charge is 0.0202 e. The van der Waals surface area contributed by atoms with Gasteiger partial charge in [0.15, 0.2) is 0 Å². The molecular weight excluding hydrogens is 84.1 g/mol. The van der Waals surface area contributed by atoms with Crippen molar-refractivity contribution in [2.45, 2.75) is 19.3 Å². The monoisotopic (exact) mass is 94.1 g/mol. The molecule has 0 aromatic carbocycles. The second kappa shape index (κ2) is 1.12. The van der Waals surface area contributed by atoms with Gasteiger partial charge in [-0.2, -0.15) is 0 Å². The van der Waals surface area contributed by atoms with Gasteiger partial charge >= 0.3 is 0 Å². The summed E-state index contributed by atoms with van der Waals surface area (Å²) in [5, 5.41) is 0. The molecule has 0 spiro atoms. The molecule has 7 heavy (non-hydrogen) atoms. The van der Waals surface area contributed by atoms with Crippen LogP contribution in [0.2, 0.25) is 0 Å². The highest BCUT2D eigenvalue weighted by Gasteiger charge is 2.35. The number of allylic oxidation sites excluding steroid dienone is 2. The highest BCUT2D eigenvalue weighted by atomic mass is 14.4. The summed E-state index contributed by atoms with van der Waals surface area (Å²) in [5.74, 6) is 2.14. The Hall–Kier alpha value is -0.260. The zero-order valence-electron chi connectivity index (χ0n) is 4.43. The standard InChI is InChI=1S/C7H10/c1-2-4-7-5-6(7)3-1/h1,3,6-7H,2,4-5H2/t6?,7-/m1/s1. The van der Waals surface area contributed by atoms with Crippen LogP contribution in [-0.4, -0.2) is 0 Å². The third-order valence-electron chi connectivity index (χ3n) is 2.06. The van der Waals surface area contributed by atoms with E-state index in [4.69, 9.17) is 0 Å². The Labute approximate surface area is 44.2 Å². The SMILES string of the molecule is C1=CC2C[C@H]2CC1. The fourth-order valence-corrected chi connectivity index (χ4v) is 1.42. The van der Waals surface area contributed by atoms with Crippen molar-refractivity contribution < 1.29 is 0 Å². The van der Waals surface area contributed by atoms with Gasteiger partial charge in [-0.1, -0.05) is 12.2 Å². The molecule has 1 saturated carbocycles. The maximum Gasteiger partial charge on any atom is -0.0202 e. The third-order valence-corrected chi connectivity index (χ3v) is 2.06. The molecule has 0 heteroatoms.